The number of likely N-dealkylation sites (tertiary alicyclic amines) is 1. The van der Waals surface area contributed by atoms with Gasteiger partial charge in [-0.3, -0.25) is 14.4 Å². The van der Waals surface area contributed by atoms with Crippen LogP contribution in [0.15, 0.2) is 30.5 Å². The molecule has 1 aliphatic rings. The summed E-state index contributed by atoms with van der Waals surface area (Å²) in [6.45, 7) is 1.90. The van der Waals surface area contributed by atoms with Crippen molar-refractivity contribution in [3.8, 4) is 0 Å². The highest BCUT2D eigenvalue weighted by atomic mass is 16.2. The first kappa shape index (κ1) is 18.0. The Morgan fingerprint density at radius 1 is 1.35 bits per heavy atom. The minimum atomic E-state index is -0.658. The number of H-pyrrole nitrogens is 1. The predicted octanol–water partition coefficient (Wildman–Crippen LogP) is 0.952. The second-order valence-corrected chi connectivity index (χ2v) is 6.84. The van der Waals surface area contributed by atoms with Crippen LogP contribution in [-0.4, -0.2) is 53.3 Å². The first-order valence-electron chi connectivity index (χ1n) is 8.80. The molecule has 138 valence electrons. The lowest BCUT2D eigenvalue weighted by Crippen LogP contribution is -2.54. The molecule has 2 heterocycles. The molecule has 26 heavy (non-hydrogen) atoms. The molecule has 2 aromatic rings. The molecule has 0 aliphatic carbocycles. The number of aromatic amines is 1. The van der Waals surface area contributed by atoms with Crippen LogP contribution in [0.25, 0.3) is 10.9 Å². The summed E-state index contributed by atoms with van der Waals surface area (Å²) in [5.74, 6) is -0.383. The number of carbonyl (C=O) groups excluding carboxylic acids is 3. The van der Waals surface area contributed by atoms with Crippen LogP contribution in [-0.2, 0) is 20.8 Å². The molecule has 1 saturated heterocycles. The van der Waals surface area contributed by atoms with Gasteiger partial charge in [0.15, 0.2) is 0 Å². The number of amides is 3. The molecule has 0 spiro atoms. The SMILES string of the molecule is CC(=O)NC(Cc1c[nH]c2ccccc12)C(=O)NC1CCC(=O)N(C)C1. The van der Waals surface area contributed by atoms with Crippen LogP contribution in [0.2, 0.25) is 0 Å². The molecular weight excluding hydrogens is 332 g/mol. The Morgan fingerprint density at radius 2 is 2.12 bits per heavy atom. The van der Waals surface area contributed by atoms with Crippen LogP contribution in [0.1, 0.15) is 25.3 Å². The molecular formula is C19H24N4O3. The number of rotatable bonds is 5. The third-order valence-corrected chi connectivity index (χ3v) is 4.77. The summed E-state index contributed by atoms with van der Waals surface area (Å²) in [7, 11) is 1.73. The summed E-state index contributed by atoms with van der Waals surface area (Å²) in [6.07, 6.45) is 3.32. The summed E-state index contributed by atoms with van der Waals surface area (Å²) >= 11 is 0. The number of benzene rings is 1. The summed E-state index contributed by atoms with van der Waals surface area (Å²) in [5, 5.41) is 6.77. The van der Waals surface area contributed by atoms with Crippen LogP contribution in [0.5, 0.6) is 0 Å². The highest BCUT2D eigenvalue weighted by Crippen LogP contribution is 2.19. The number of nitrogens with one attached hydrogen (secondary N) is 3. The van der Waals surface area contributed by atoms with Crippen molar-refractivity contribution < 1.29 is 14.4 Å². The van der Waals surface area contributed by atoms with E-state index in [0.29, 0.717) is 25.8 Å². The van der Waals surface area contributed by atoms with E-state index in [0.717, 1.165) is 16.5 Å². The molecule has 1 aromatic carbocycles. The summed E-state index contributed by atoms with van der Waals surface area (Å²) in [5.41, 5.74) is 1.97. The van der Waals surface area contributed by atoms with Crippen LogP contribution in [0.3, 0.4) is 0 Å². The molecule has 0 saturated carbocycles. The molecule has 1 aliphatic heterocycles. The normalized spacial score (nSPS) is 18.6. The average Bonchev–Trinajstić information content (AvgIpc) is 3.00. The number of fused-ring (bicyclic) bond motifs is 1. The van der Waals surface area contributed by atoms with Gasteiger partial charge in [-0.25, -0.2) is 0 Å². The van der Waals surface area contributed by atoms with Gasteiger partial charge in [-0.2, -0.15) is 0 Å². The Balaban J connectivity index is 1.72. The number of para-hydroxylation sites is 1. The smallest absolute Gasteiger partial charge is 0.243 e. The molecule has 2 unspecified atom stereocenters. The van der Waals surface area contributed by atoms with Gasteiger partial charge in [0.05, 0.1) is 0 Å². The van der Waals surface area contributed by atoms with Crippen molar-refractivity contribution in [2.45, 2.75) is 38.3 Å². The van der Waals surface area contributed by atoms with Gasteiger partial charge in [0.2, 0.25) is 17.7 Å². The number of likely N-dealkylation sites (N-methyl/N-ethyl adjacent to an activating group) is 1. The maximum absolute atomic E-state index is 12.8. The van der Waals surface area contributed by atoms with Gasteiger partial charge in [0.25, 0.3) is 0 Å². The van der Waals surface area contributed by atoms with Crippen LogP contribution < -0.4 is 10.6 Å². The average molecular weight is 356 g/mol. The van der Waals surface area contributed by atoms with Gasteiger partial charge in [-0.15, -0.1) is 0 Å². The van der Waals surface area contributed by atoms with E-state index in [1.54, 1.807) is 11.9 Å². The minimum Gasteiger partial charge on any atom is -0.361 e. The summed E-state index contributed by atoms with van der Waals surface area (Å²) in [6, 6.07) is 7.11. The van der Waals surface area contributed by atoms with E-state index < -0.39 is 6.04 Å². The molecule has 1 fully saturated rings. The molecule has 3 amide bonds. The topological polar surface area (TPSA) is 94.3 Å². The maximum atomic E-state index is 12.8. The number of aromatic nitrogens is 1. The number of hydrogen-bond donors (Lipinski definition) is 3. The predicted molar refractivity (Wildman–Crippen MR) is 98.4 cm³/mol. The van der Waals surface area contributed by atoms with E-state index in [4.69, 9.17) is 0 Å². The van der Waals surface area contributed by atoms with Crippen molar-refractivity contribution in [1.82, 2.24) is 20.5 Å². The van der Waals surface area contributed by atoms with E-state index in [2.05, 4.69) is 15.6 Å². The van der Waals surface area contributed by atoms with Crippen molar-refractivity contribution in [2.75, 3.05) is 13.6 Å². The minimum absolute atomic E-state index is 0.0905. The molecule has 3 rings (SSSR count). The lowest BCUT2D eigenvalue weighted by Gasteiger charge is -2.31. The van der Waals surface area contributed by atoms with Gasteiger partial charge in [0.1, 0.15) is 6.04 Å². The lowest BCUT2D eigenvalue weighted by atomic mass is 10.0. The van der Waals surface area contributed by atoms with Gasteiger partial charge >= 0.3 is 0 Å². The van der Waals surface area contributed by atoms with Crippen molar-refractivity contribution in [3.63, 3.8) is 0 Å². The molecule has 0 bridgehead atoms. The summed E-state index contributed by atoms with van der Waals surface area (Å²) < 4.78 is 0. The number of carbonyl (C=O) groups is 3. The van der Waals surface area contributed by atoms with Gasteiger partial charge in [0, 0.05) is 56.5 Å². The first-order valence-corrected chi connectivity index (χ1v) is 8.80. The zero-order chi connectivity index (χ0) is 18.7. The zero-order valence-electron chi connectivity index (χ0n) is 15.0. The largest absolute Gasteiger partial charge is 0.361 e. The standard InChI is InChI=1S/C19H24N4O3/c1-12(24)21-17(9-13-10-20-16-6-4-3-5-15(13)16)19(26)22-14-7-8-18(25)23(2)11-14/h3-6,10,14,17,20H,7-9,11H2,1-2H3,(H,21,24)(H,22,26). The van der Waals surface area contributed by atoms with Crippen LogP contribution >= 0.6 is 0 Å². The fourth-order valence-electron chi connectivity index (χ4n) is 3.41. The number of nitrogens with zero attached hydrogens (tertiary/aromatic N) is 1. The van der Waals surface area contributed by atoms with E-state index in [9.17, 15) is 14.4 Å². The molecule has 3 N–H and O–H groups in total. The number of hydrogen-bond acceptors (Lipinski definition) is 3. The van der Waals surface area contributed by atoms with Crippen molar-refractivity contribution >= 4 is 28.6 Å². The molecule has 7 nitrogen and oxygen atoms in total. The fraction of sp³-hybridized carbons (Fsp3) is 0.421. The fourth-order valence-corrected chi connectivity index (χ4v) is 3.41. The second kappa shape index (κ2) is 7.59. The van der Waals surface area contributed by atoms with E-state index >= 15 is 0 Å². The second-order valence-electron chi connectivity index (χ2n) is 6.84. The highest BCUT2D eigenvalue weighted by molar-refractivity contribution is 5.89. The number of piperidine rings is 1. The molecule has 1 aromatic heterocycles. The van der Waals surface area contributed by atoms with Crippen molar-refractivity contribution in [3.05, 3.63) is 36.0 Å². The monoisotopic (exact) mass is 356 g/mol. The first-order chi connectivity index (χ1) is 12.4. The molecule has 0 radical (unpaired) electrons. The maximum Gasteiger partial charge on any atom is 0.243 e. The van der Waals surface area contributed by atoms with Crippen LogP contribution in [0.4, 0.5) is 0 Å². The van der Waals surface area contributed by atoms with Gasteiger partial charge in [-0.1, -0.05) is 18.2 Å². The van der Waals surface area contributed by atoms with E-state index in [-0.39, 0.29) is 23.8 Å². The Labute approximate surface area is 152 Å². The Hall–Kier alpha value is -2.83. The third-order valence-electron chi connectivity index (χ3n) is 4.77. The molecule has 7 heteroatoms. The quantitative estimate of drug-likeness (QED) is 0.744. The molecule has 2 atom stereocenters. The van der Waals surface area contributed by atoms with Crippen LogP contribution in [0, 0.1) is 0 Å². The Bertz CT molecular complexity index is 829. The van der Waals surface area contributed by atoms with Gasteiger partial charge in [-0.05, 0) is 18.1 Å². The van der Waals surface area contributed by atoms with Gasteiger partial charge < -0.3 is 20.5 Å². The van der Waals surface area contributed by atoms with Crippen molar-refractivity contribution in [1.29, 1.82) is 0 Å². The van der Waals surface area contributed by atoms with E-state index in [1.807, 2.05) is 30.5 Å². The Kier molecular flexibility index (Phi) is 5.25. The third kappa shape index (κ3) is 4.04. The highest BCUT2D eigenvalue weighted by Gasteiger charge is 2.28. The lowest BCUT2D eigenvalue weighted by molar-refractivity contribution is -0.134. The van der Waals surface area contributed by atoms with E-state index in [1.165, 1.54) is 6.92 Å². The summed E-state index contributed by atoms with van der Waals surface area (Å²) in [4.78, 5) is 40.8. The van der Waals surface area contributed by atoms with Crippen molar-refractivity contribution in [2.24, 2.45) is 0 Å². The Morgan fingerprint density at radius 3 is 2.85 bits per heavy atom. The zero-order valence-corrected chi connectivity index (χ0v) is 15.0.